The molecule has 9 nitrogen and oxygen atoms in total. The summed E-state index contributed by atoms with van der Waals surface area (Å²) in [6, 6.07) is 3.82. The second-order valence-corrected chi connectivity index (χ2v) is 8.77. The highest BCUT2D eigenvalue weighted by Crippen LogP contribution is 2.33. The molecule has 1 aliphatic rings. The van der Waals surface area contributed by atoms with Crippen LogP contribution in [0.5, 0.6) is 11.8 Å². The summed E-state index contributed by atoms with van der Waals surface area (Å²) in [5.41, 5.74) is 3.37. The van der Waals surface area contributed by atoms with Gasteiger partial charge in [-0.3, -0.25) is 0 Å². The molecule has 0 bridgehead atoms. The van der Waals surface area contributed by atoms with Crippen molar-refractivity contribution in [1.82, 2.24) is 19.9 Å². The predicted molar refractivity (Wildman–Crippen MR) is 134 cm³/mol. The van der Waals surface area contributed by atoms with E-state index >= 15 is 0 Å². The molecule has 4 rings (SSSR count). The highest BCUT2D eigenvalue weighted by atomic mass is 32.1. The number of rotatable bonds is 10. The van der Waals surface area contributed by atoms with Crippen molar-refractivity contribution in [2.75, 3.05) is 44.1 Å². The van der Waals surface area contributed by atoms with Gasteiger partial charge < -0.3 is 24.4 Å². The van der Waals surface area contributed by atoms with Gasteiger partial charge >= 0.3 is 0 Å². The smallest absolute Gasteiger partial charge is 0.226 e. The van der Waals surface area contributed by atoms with Gasteiger partial charge in [-0.25, -0.2) is 15.0 Å². The zero-order valence-corrected chi connectivity index (χ0v) is 21.2. The Morgan fingerprint density at radius 3 is 2.50 bits per heavy atom. The number of nitrogens with zero attached hydrogens (tertiary/aromatic N) is 5. The number of pyridine rings is 1. The summed E-state index contributed by atoms with van der Waals surface area (Å²) in [5, 5.41) is 6.67. The number of hydrogen-bond acceptors (Lipinski definition) is 10. The van der Waals surface area contributed by atoms with Gasteiger partial charge in [0.1, 0.15) is 5.82 Å². The first kappa shape index (κ1) is 24.2. The van der Waals surface area contributed by atoms with E-state index in [2.05, 4.69) is 34.0 Å². The summed E-state index contributed by atoms with van der Waals surface area (Å²) >= 11 is 1.64. The minimum Gasteiger partial charge on any atom is -0.481 e. The summed E-state index contributed by atoms with van der Waals surface area (Å²) in [4.78, 5) is 21.2. The van der Waals surface area contributed by atoms with Gasteiger partial charge in [-0.2, -0.15) is 4.98 Å². The summed E-state index contributed by atoms with van der Waals surface area (Å²) in [5.74, 6) is 1.77. The second-order valence-electron chi connectivity index (χ2n) is 7.90. The Labute approximate surface area is 204 Å². The molecule has 0 amide bonds. The number of aromatic nitrogens is 4. The molecular weight excluding hydrogens is 452 g/mol. The molecule has 1 N–H and O–H groups in total. The van der Waals surface area contributed by atoms with E-state index in [1.54, 1.807) is 25.6 Å². The molecule has 4 heterocycles. The van der Waals surface area contributed by atoms with E-state index in [0.717, 1.165) is 59.5 Å². The van der Waals surface area contributed by atoms with Gasteiger partial charge in [-0.05, 0) is 25.8 Å². The molecule has 2 atom stereocenters. The molecule has 1 fully saturated rings. The van der Waals surface area contributed by atoms with Crippen LogP contribution in [0.4, 0.5) is 10.9 Å². The highest BCUT2D eigenvalue weighted by molar-refractivity contribution is 7.13. The van der Waals surface area contributed by atoms with Crippen LogP contribution in [0.1, 0.15) is 32.2 Å². The Hall–Kier alpha value is -2.98. The van der Waals surface area contributed by atoms with E-state index in [9.17, 15) is 0 Å². The predicted octanol–water partition coefficient (Wildman–Crippen LogP) is 3.84. The molecular formula is C24H32N6O3S. The Morgan fingerprint density at radius 1 is 1.03 bits per heavy atom. The van der Waals surface area contributed by atoms with Gasteiger partial charge in [0, 0.05) is 37.3 Å². The maximum absolute atomic E-state index is 6.08. The van der Waals surface area contributed by atoms with Crippen LogP contribution in [0, 0.1) is 0 Å². The molecule has 182 valence electrons. The summed E-state index contributed by atoms with van der Waals surface area (Å²) in [6.07, 6.45) is 3.34. The van der Waals surface area contributed by atoms with Crippen LogP contribution in [0.2, 0.25) is 0 Å². The van der Waals surface area contributed by atoms with Crippen molar-refractivity contribution in [2.24, 2.45) is 0 Å². The fourth-order valence-corrected chi connectivity index (χ4v) is 4.86. The Morgan fingerprint density at radius 2 is 1.85 bits per heavy atom. The third kappa shape index (κ3) is 4.92. The van der Waals surface area contributed by atoms with Crippen LogP contribution in [0.3, 0.4) is 0 Å². The normalized spacial score (nSPS) is 17.7. The van der Waals surface area contributed by atoms with E-state index in [1.807, 2.05) is 30.6 Å². The first-order chi connectivity index (χ1) is 16.6. The molecule has 1 saturated heterocycles. The lowest BCUT2D eigenvalue weighted by Gasteiger charge is -2.22. The fourth-order valence-electron chi connectivity index (χ4n) is 4.20. The third-order valence-electron chi connectivity index (χ3n) is 5.86. The van der Waals surface area contributed by atoms with Crippen LogP contribution in [0.15, 0.2) is 23.7 Å². The number of anilines is 2. The summed E-state index contributed by atoms with van der Waals surface area (Å²) in [7, 11) is 3.19. The van der Waals surface area contributed by atoms with E-state index in [-0.39, 0.29) is 12.1 Å². The molecule has 0 saturated carbocycles. The van der Waals surface area contributed by atoms with Crippen molar-refractivity contribution in [3.05, 3.63) is 35.1 Å². The molecule has 3 aromatic rings. The van der Waals surface area contributed by atoms with Crippen LogP contribution < -0.4 is 19.7 Å². The second kappa shape index (κ2) is 11.0. The van der Waals surface area contributed by atoms with Gasteiger partial charge in [0.25, 0.3) is 0 Å². The average molecular weight is 485 g/mol. The molecule has 0 aliphatic carbocycles. The standard InChI is InChI=1S/C24H32N6O3S/c1-6-16-21(15-9-10-20(31-4)29-23(15)32-5)26-17(7-2)22(27-16)28-18-13-30(14-19(18)33-8-3)24-25-11-12-34-24/h9-12,18-19H,6-8,13-14H2,1-5H3,(H,27,28)/t18-,19+/m1/s1. The van der Waals surface area contributed by atoms with Crippen molar-refractivity contribution in [3.8, 4) is 23.0 Å². The SMILES string of the molecule is CCO[C@H]1CN(c2nccs2)C[C@H]1Nc1nc(CC)c(-c2ccc(OC)nc2OC)nc1CC. The Kier molecular flexibility index (Phi) is 7.79. The van der Waals surface area contributed by atoms with Crippen LogP contribution >= 0.6 is 11.3 Å². The molecule has 0 radical (unpaired) electrons. The van der Waals surface area contributed by atoms with Gasteiger partial charge in [-0.15, -0.1) is 11.3 Å². The molecule has 0 aromatic carbocycles. The Bertz CT molecular complexity index is 1090. The van der Waals surface area contributed by atoms with Crippen LogP contribution in [-0.4, -0.2) is 66.0 Å². The summed E-state index contributed by atoms with van der Waals surface area (Å²) < 4.78 is 16.9. The topological polar surface area (TPSA) is 94.5 Å². The lowest BCUT2D eigenvalue weighted by molar-refractivity contribution is 0.0719. The molecule has 0 spiro atoms. The average Bonchev–Trinajstić information content (AvgIpc) is 3.54. The third-order valence-corrected chi connectivity index (χ3v) is 6.69. The molecule has 3 aromatic heterocycles. The van der Waals surface area contributed by atoms with Crippen molar-refractivity contribution in [2.45, 2.75) is 45.8 Å². The van der Waals surface area contributed by atoms with Gasteiger partial charge in [0.15, 0.2) is 5.13 Å². The molecule has 0 unspecified atom stereocenters. The van der Waals surface area contributed by atoms with E-state index in [0.29, 0.717) is 18.4 Å². The van der Waals surface area contributed by atoms with E-state index < -0.39 is 0 Å². The fraction of sp³-hybridized carbons (Fsp3) is 0.500. The zero-order chi connectivity index (χ0) is 24.1. The van der Waals surface area contributed by atoms with E-state index in [4.69, 9.17) is 24.2 Å². The number of aryl methyl sites for hydroxylation is 2. The lowest BCUT2D eigenvalue weighted by atomic mass is 10.1. The minimum absolute atomic E-state index is 0.0380. The minimum atomic E-state index is 0.0380. The number of nitrogens with one attached hydrogen (secondary N) is 1. The molecule has 10 heteroatoms. The Balaban J connectivity index is 1.67. The molecule has 1 aliphatic heterocycles. The first-order valence-electron chi connectivity index (χ1n) is 11.6. The quantitative estimate of drug-likeness (QED) is 0.460. The van der Waals surface area contributed by atoms with Crippen molar-refractivity contribution < 1.29 is 14.2 Å². The maximum Gasteiger partial charge on any atom is 0.226 e. The van der Waals surface area contributed by atoms with Gasteiger partial charge in [0.2, 0.25) is 11.8 Å². The largest absolute Gasteiger partial charge is 0.481 e. The van der Waals surface area contributed by atoms with Crippen LogP contribution in [-0.2, 0) is 17.6 Å². The molecule has 34 heavy (non-hydrogen) atoms. The van der Waals surface area contributed by atoms with E-state index in [1.165, 1.54) is 0 Å². The van der Waals surface area contributed by atoms with Crippen molar-refractivity contribution >= 4 is 22.3 Å². The highest BCUT2D eigenvalue weighted by Gasteiger charge is 2.35. The number of hydrogen-bond donors (Lipinski definition) is 1. The van der Waals surface area contributed by atoms with Gasteiger partial charge in [-0.1, -0.05) is 13.8 Å². The number of thiazole rings is 1. The lowest BCUT2D eigenvalue weighted by Crippen LogP contribution is -2.35. The maximum atomic E-state index is 6.08. The first-order valence-corrected chi connectivity index (χ1v) is 12.5. The monoisotopic (exact) mass is 484 g/mol. The number of methoxy groups -OCH3 is 2. The summed E-state index contributed by atoms with van der Waals surface area (Å²) in [6.45, 7) is 8.44. The van der Waals surface area contributed by atoms with Crippen molar-refractivity contribution in [1.29, 1.82) is 0 Å². The number of ether oxygens (including phenoxy) is 3. The van der Waals surface area contributed by atoms with Crippen LogP contribution in [0.25, 0.3) is 11.3 Å². The van der Waals surface area contributed by atoms with Crippen molar-refractivity contribution in [3.63, 3.8) is 0 Å². The zero-order valence-electron chi connectivity index (χ0n) is 20.4. The van der Waals surface area contributed by atoms with Gasteiger partial charge in [0.05, 0.1) is 49.0 Å².